The van der Waals surface area contributed by atoms with Crippen LogP contribution in [-0.4, -0.2) is 34.8 Å². The Balaban J connectivity index is 1.85. The lowest BCUT2D eigenvalue weighted by atomic mass is 10.1. The van der Waals surface area contributed by atoms with Gasteiger partial charge in [0.2, 0.25) is 0 Å². The number of ketones is 1. The first kappa shape index (κ1) is 21.6. The standard InChI is InChI=1S/C22H25ClN4O3/c1-11-6-15(23)9-16(7-11)25-21(29)18-13(3)19(27(5)14(18)4)20(28)22(30)26-17-8-12(2)24-10-17/h6-7,9,17,24H,2,8,10H2,1,3-5H3,(H,25,29)(H,26,30)/t17-/m1/s1. The van der Waals surface area contributed by atoms with E-state index in [0.29, 0.717) is 40.5 Å². The molecular formula is C22H25ClN4O3. The van der Waals surface area contributed by atoms with E-state index in [-0.39, 0.29) is 17.6 Å². The number of benzene rings is 1. The second-order valence-corrected chi connectivity index (χ2v) is 8.09. The molecule has 3 rings (SSSR count). The predicted octanol–water partition coefficient (Wildman–Crippen LogP) is 3.03. The van der Waals surface area contributed by atoms with Crippen LogP contribution in [0.1, 0.15) is 44.1 Å². The Kier molecular flexibility index (Phi) is 6.03. The number of anilines is 1. The Labute approximate surface area is 180 Å². The van der Waals surface area contributed by atoms with Gasteiger partial charge in [-0.3, -0.25) is 14.4 Å². The molecule has 0 saturated carbocycles. The van der Waals surface area contributed by atoms with Gasteiger partial charge in [0.15, 0.2) is 0 Å². The van der Waals surface area contributed by atoms with Crippen molar-refractivity contribution in [1.29, 1.82) is 0 Å². The number of aromatic nitrogens is 1. The summed E-state index contributed by atoms with van der Waals surface area (Å²) in [6.07, 6.45) is 0.580. The average Bonchev–Trinajstić information content (AvgIpc) is 3.14. The van der Waals surface area contributed by atoms with Crippen molar-refractivity contribution in [3.8, 4) is 0 Å². The zero-order valence-corrected chi connectivity index (χ0v) is 18.2. The van der Waals surface area contributed by atoms with Crippen LogP contribution in [0, 0.1) is 20.8 Å². The molecule has 30 heavy (non-hydrogen) atoms. The number of aryl methyl sites for hydroxylation is 1. The van der Waals surface area contributed by atoms with E-state index < -0.39 is 11.7 Å². The molecule has 1 aliphatic heterocycles. The number of Topliss-reactive ketones (excluding diaryl/α,β-unsaturated/α-hetero) is 1. The molecule has 3 N–H and O–H groups in total. The third-order valence-corrected chi connectivity index (χ3v) is 5.52. The van der Waals surface area contributed by atoms with Gasteiger partial charge in [0.05, 0.1) is 17.3 Å². The normalized spacial score (nSPS) is 15.6. The summed E-state index contributed by atoms with van der Waals surface area (Å²) in [5.74, 6) is -1.73. The van der Waals surface area contributed by atoms with Gasteiger partial charge in [0, 0.05) is 42.1 Å². The summed E-state index contributed by atoms with van der Waals surface area (Å²) in [7, 11) is 1.67. The SMILES string of the molecule is C=C1C[C@@H](NC(=O)C(=O)c2c(C)c(C(=O)Nc3cc(C)cc(Cl)c3)c(C)n2C)CN1. The lowest BCUT2D eigenvalue weighted by Crippen LogP contribution is -2.41. The Morgan fingerprint density at radius 3 is 2.50 bits per heavy atom. The molecule has 7 nitrogen and oxygen atoms in total. The number of nitrogens with one attached hydrogen (secondary N) is 3. The fourth-order valence-corrected chi connectivity index (χ4v) is 4.10. The van der Waals surface area contributed by atoms with E-state index in [1.165, 1.54) is 0 Å². The highest BCUT2D eigenvalue weighted by Crippen LogP contribution is 2.25. The van der Waals surface area contributed by atoms with E-state index in [9.17, 15) is 14.4 Å². The van der Waals surface area contributed by atoms with Crippen LogP contribution in [0.2, 0.25) is 5.02 Å². The van der Waals surface area contributed by atoms with Crippen LogP contribution in [0.4, 0.5) is 5.69 Å². The van der Waals surface area contributed by atoms with Gasteiger partial charge in [0.25, 0.3) is 17.6 Å². The smallest absolute Gasteiger partial charge is 0.294 e. The van der Waals surface area contributed by atoms with Gasteiger partial charge in [-0.1, -0.05) is 18.2 Å². The third-order valence-electron chi connectivity index (χ3n) is 5.31. The van der Waals surface area contributed by atoms with Crippen molar-refractivity contribution >= 4 is 34.9 Å². The lowest BCUT2D eigenvalue weighted by molar-refractivity contribution is -0.117. The maximum Gasteiger partial charge on any atom is 0.294 e. The molecule has 158 valence electrons. The van der Waals surface area contributed by atoms with Gasteiger partial charge in [-0.2, -0.15) is 0 Å². The Bertz CT molecular complexity index is 1050. The largest absolute Gasteiger partial charge is 0.387 e. The minimum atomic E-state index is -0.697. The molecule has 1 saturated heterocycles. The maximum absolute atomic E-state index is 13.0. The number of carbonyl (C=O) groups is 3. The lowest BCUT2D eigenvalue weighted by Gasteiger charge is -2.11. The average molecular weight is 429 g/mol. The molecule has 0 spiro atoms. The summed E-state index contributed by atoms with van der Waals surface area (Å²) in [4.78, 5) is 38.3. The molecular weight excluding hydrogens is 404 g/mol. The second-order valence-electron chi connectivity index (χ2n) is 7.65. The van der Waals surface area contributed by atoms with E-state index >= 15 is 0 Å². The van der Waals surface area contributed by atoms with Gasteiger partial charge in [0.1, 0.15) is 0 Å². The Morgan fingerprint density at radius 2 is 1.90 bits per heavy atom. The minimum absolute atomic E-state index is 0.176. The topological polar surface area (TPSA) is 92.2 Å². The van der Waals surface area contributed by atoms with Crippen molar-refractivity contribution in [1.82, 2.24) is 15.2 Å². The van der Waals surface area contributed by atoms with Crippen LogP contribution in [-0.2, 0) is 11.8 Å². The van der Waals surface area contributed by atoms with E-state index in [4.69, 9.17) is 11.6 Å². The Hall–Kier alpha value is -3.06. The molecule has 1 aromatic heterocycles. The fraction of sp³-hybridized carbons (Fsp3) is 0.318. The maximum atomic E-state index is 13.0. The van der Waals surface area contributed by atoms with Gasteiger partial charge < -0.3 is 20.5 Å². The van der Waals surface area contributed by atoms with Crippen LogP contribution in [0.3, 0.4) is 0 Å². The highest BCUT2D eigenvalue weighted by Gasteiger charge is 2.30. The fourth-order valence-electron chi connectivity index (χ4n) is 3.81. The van der Waals surface area contributed by atoms with Crippen molar-refractivity contribution in [2.24, 2.45) is 7.05 Å². The summed E-state index contributed by atoms with van der Waals surface area (Å²) in [5, 5.41) is 9.12. The predicted molar refractivity (Wildman–Crippen MR) is 117 cm³/mol. The van der Waals surface area contributed by atoms with Gasteiger partial charge in [-0.25, -0.2) is 0 Å². The molecule has 2 heterocycles. The first-order valence-corrected chi connectivity index (χ1v) is 9.97. The molecule has 0 radical (unpaired) electrons. The zero-order chi connectivity index (χ0) is 22.2. The molecule has 2 amide bonds. The zero-order valence-electron chi connectivity index (χ0n) is 17.5. The highest BCUT2D eigenvalue weighted by molar-refractivity contribution is 6.43. The van der Waals surface area contributed by atoms with Crippen LogP contribution in [0.15, 0.2) is 30.5 Å². The molecule has 1 aromatic carbocycles. The summed E-state index contributed by atoms with van der Waals surface area (Å²) < 4.78 is 1.58. The van der Waals surface area contributed by atoms with Crippen LogP contribution in [0.5, 0.6) is 0 Å². The number of nitrogens with zero attached hydrogens (tertiary/aromatic N) is 1. The molecule has 2 aromatic rings. The minimum Gasteiger partial charge on any atom is -0.387 e. The molecule has 0 unspecified atom stereocenters. The van der Waals surface area contributed by atoms with E-state index in [1.54, 1.807) is 43.7 Å². The number of hydrogen-bond donors (Lipinski definition) is 3. The van der Waals surface area contributed by atoms with Crippen molar-refractivity contribution in [3.05, 3.63) is 63.6 Å². The van der Waals surface area contributed by atoms with Crippen LogP contribution >= 0.6 is 11.6 Å². The summed E-state index contributed by atoms with van der Waals surface area (Å²) in [6, 6.07) is 5.08. The van der Waals surface area contributed by atoms with Gasteiger partial charge in [-0.05, 0) is 50.1 Å². The molecule has 1 aliphatic rings. The summed E-state index contributed by atoms with van der Waals surface area (Å²) >= 11 is 6.07. The number of rotatable bonds is 5. The number of halogens is 1. The molecule has 1 atom stereocenters. The van der Waals surface area contributed by atoms with E-state index in [1.807, 2.05) is 6.92 Å². The Morgan fingerprint density at radius 1 is 1.20 bits per heavy atom. The van der Waals surface area contributed by atoms with E-state index in [0.717, 1.165) is 11.3 Å². The van der Waals surface area contributed by atoms with Crippen molar-refractivity contribution < 1.29 is 14.4 Å². The van der Waals surface area contributed by atoms with Gasteiger partial charge >= 0.3 is 0 Å². The van der Waals surface area contributed by atoms with Crippen molar-refractivity contribution in [3.63, 3.8) is 0 Å². The second kappa shape index (κ2) is 8.36. The monoisotopic (exact) mass is 428 g/mol. The first-order valence-electron chi connectivity index (χ1n) is 9.59. The van der Waals surface area contributed by atoms with Crippen molar-refractivity contribution in [2.45, 2.75) is 33.2 Å². The van der Waals surface area contributed by atoms with Gasteiger partial charge in [-0.15, -0.1) is 0 Å². The molecule has 0 aliphatic carbocycles. The molecule has 1 fully saturated rings. The summed E-state index contributed by atoms with van der Waals surface area (Å²) in [5.41, 5.74) is 3.91. The number of amides is 2. The first-order chi connectivity index (χ1) is 14.1. The number of hydrogen-bond acceptors (Lipinski definition) is 4. The highest BCUT2D eigenvalue weighted by atomic mass is 35.5. The van der Waals surface area contributed by atoms with Crippen LogP contribution in [0.25, 0.3) is 0 Å². The van der Waals surface area contributed by atoms with Crippen molar-refractivity contribution in [2.75, 3.05) is 11.9 Å². The quantitative estimate of drug-likeness (QED) is 0.504. The number of carbonyl (C=O) groups excluding carboxylic acids is 3. The molecule has 0 bridgehead atoms. The van der Waals surface area contributed by atoms with Crippen LogP contribution < -0.4 is 16.0 Å². The summed E-state index contributed by atoms with van der Waals surface area (Å²) in [6.45, 7) is 9.65. The molecule has 8 heteroatoms. The van der Waals surface area contributed by atoms with E-state index in [2.05, 4.69) is 22.5 Å². The third kappa shape index (κ3) is 4.26.